The van der Waals surface area contributed by atoms with Crippen molar-refractivity contribution in [3.05, 3.63) is 0 Å². The van der Waals surface area contributed by atoms with Gasteiger partial charge in [0.15, 0.2) is 6.04 Å². The van der Waals surface area contributed by atoms with Crippen LogP contribution in [0, 0.1) is 0 Å². The van der Waals surface area contributed by atoms with E-state index < -0.39 is 12.0 Å². The number of hydrogen-bond acceptors (Lipinski definition) is 5. The third kappa shape index (κ3) is 2.51. The molecular weight excluding hydrogens is 210 g/mol. The number of amidine groups is 1. The van der Waals surface area contributed by atoms with Crippen molar-refractivity contribution in [3.63, 3.8) is 0 Å². The molecule has 1 N–H and O–H groups in total. The fourth-order valence-electron chi connectivity index (χ4n) is 1.88. The number of carboxylic acid groups (broad SMARTS) is 1. The summed E-state index contributed by atoms with van der Waals surface area (Å²) in [6.45, 7) is 4.38. The lowest BCUT2D eigenvalue weighted by atomic mass is 10.2. The van der Waals surface area contributed by atoms with E-state index in [2.05, 4.69) is 21.8 Å². The summed E-state index contributed by atoms with van der Waals surface area (Å²) in [6, 6.07) is -0.733. The first-order chi connectivity index (χ1) is 7.66. The van der Waals surface area contributed by atoms with Gasteiger partial charge in [0, 0.05) is 26.2 Å². The molecule has 1 fully saturated rings. The Bertz CT molecular complexity index is 298. The summed E-state index contributed by atoms with van der Waals surface area (Å²) in [6.07, 6.45) is 0. The van der Waals surface area contributed by atoms with E-state index in [1.165, 1.54) is 0 Å². The second-order valence-corrected chi connectivity index (χ2v) is 4.20. The van der Waals surface area contributed by atoms with Crippen LogP contribution in [0.1, 0.15) is 0 Å². The molecule has 0 bridgehead atoms. The van der Waals surface area contributed by atoms with E-state index >= 15 is 0 Å². The van der Waals surface area contributed by atoms with Crippen LogP contribution in [-0.4, -0.2) is 79.2 Å². The lowest BCUT2D eigenvalue weighted by molar-refractivity contribution is -0.140. The molecule has 1 atom stereocenters. The van der Waals surface area contributed by atoms with Crippen LogP contribution < -0.4 is 0 Å². The maximum absolute atomic E-state index is 10.8. The van der Waals surface area contributed by atoms with Crippen LogP contribution >= 0.6 is 0 Å². The third-order valence-electron chi connectivity index (χ3n) is 2.97. The summed E-state index contributed by atoms with van der Waals surface area (Å²) in [5, 5.41) is 8.88. The highest BCUT2D eigenvalue weighted by Crippen LogP contribution is 2.08. The van der Waals surface area contributed by atoms with E-state index in [0.717, 1.165) is 32.0 Å². The van der Waals surface area contributed by atoms with E-state index in [-0.39, 0.29) is 6.61 Å². The second-order valence-electron chi connectivity index (χ2n) is 4.20. The average Bonchev–Trinajstić information content (AvgIpc) is 2.30. The Morgan fingerprint density at radius 3 is 2.75 bits per heavy atom. The lowest BCUT2D eigenvalue weighted by Gasteiger charge is -2.36. The van der Waals surface area contributed by atoms with Crippen LogP contribution in [0.3, 0.4) is 0 Å². The lowest BCUT2D eigenvalue weighted by Crippen LogP contribution is -2.50. The van der Waals surface area contributed by atoms with E-state index in [0.29, 0.717) is 6.61 Å². The van der Waals surface area contributed by atoms with Crippen LogP contribution in [0.15, 0.2) is 4.99 Å². The largest absolute Gasteiger partial charge is 0.480 e. The first-order valence-electron chi connectivity index (χ1n) is 5.47. The van der Waals surface area contributed by atoms with Gasteiger partial charge in [0.1, 0.15) is 12.4 Å². The van der Waals surface area contributed by atoms with E-state index in [4.69, 9.17) is 9.84 Å². The highest BCUT2D eigenvalue weighted by Gasteiger charge is 2.26. The van der Waals surface area contributed by atoms with Gasteiger partial charge in [0.25, 0.3) is 0 Å². The van der Waals surface area contributed by atoms with Crippen molar-refractivity contribution in [3.8, 4) is 0 Å². The molecule has 2 aliphatic rings. The summed E-state index contributed by atoms with van der Waals surface area (Å²) < 4.78 is 5.27. The molecule has 0 aromatic carbocycles. The number of piperazine rings is 1. The zero-order valence-electron chi connectivity index (χ0n) is 9.43. The number of carboxylic acids is 1. The number of aliphatic carboxylic acids is 1. The van der Waals surface area contributed by atoms with Gasteiger partial charge in [-0.3, -0.25) is 4.99 Å². The maximum atomic E-state index is 10.8. The molecule has 16 heavy (non-hydrogen) atoms. The maximum Gasteiger partial charge on any atom is 0.330 e. The molecule has 0 saturated carbocycles. The number of ether oxygens (including phenoxy) is 1. The molecule has 0 spiro atoms. The summed E-state index contributed by atoms with van der Waals surface area (Å²) in [4.78, 5) is 19.4. The zero-order valence-corrected chi connectivity index (χ0v) is 9.43. The monoisotopic (exact) mass is 227 g/mol. The smallest absolute Gasteiger partial charge is 0.330 e. The van der Waals surface area contributed by atoms with Crippen molar-refractivity contribution in [2.75, 3.05) is 46.4 Å². The molecule has 2 heterocycles. The van der Waals surface area contributed by atoms with Crippen molar-refractivity contribution in [2.24, 2.45) is 4.99 Å². The number of aliphatic imine (C=N–C) groups is 1. The molecule has 0 radical (unpaired) electrons. The molecule has 6 heteroatoms. The minimum Gasteiger partial charge on any atom is -0.480 e. The van der Waals surface area contributed by atoms with Gasteiger partial charge in [-0.15, -0.1) is 0 Å². The van der Waals surface area contributed by atoms with Gasteiger partial charge in [0.2, 0.25) is 0 Å². The summed E-state index contributed by atoms with van der Waals surface area (Å²) in [5.74, 6) is -0.127. The highest BCUT2D eigenvalue weighted by molar-refractivity contribution is 5.87. The molecule has 0 amide bonds. The van der Waals surface area contributed by atoms with Gasteiger partial charge in [-0.2, -0.15) is 0 Å². The van der Waals surface area contributed by atoms with Gasteiger partial charge in [-0.25, -0.2) is 4.79 Å². The highest BCUT2D eigenvalue weighted by atomic mass is 16.5. The van der Waals surface area contributed by atoms with Crippen molar-refractivity contribution < 1.29 is 14.6 Å². The fraction of sp³-hybridized carbons (Fsp3) is 0.800. The van der Waals surface area contributed by atoms with Crippen LogP contribution in [0.2, 0.25) is 0 Å². The predicted octanol–water partition coefficient (Wildman–Crippen LogP) is -0.884. The average molecular weight is 227 g/mol. The zero-order chi connectivity index (χ0) is 11.5. The normalized spacial score (nSPS) is 27.7. The van der Waals surface area contributed by atoms with Gasteiger partial charge < -0.3 is 19.6 Å². The van der Waals surface area contributed by atoms with Crippen LogP contribution in [-0.2, 0) is 9.53 Å². The van der Waals surface area contributed by atoms with Crippen molar-refractivity contribution in [2.45, 2.75) is 6.04 Å². The first kappa shape index (κ1) is 11.3. The second kappa shape index (κ2) is 4.80. The third-order valence-corrected chi connectivity index (χ3v) is 2.97. The quantitative estimate of drug-likeness (QED) is 0.630. The molecular formula is C10H17N3O3. The SMILES string of the molecule is CN1CCN(C2=NC(C(=O)O)COC2)CC1. The van der Waals surface area contributed by atoms with E-state index in [1.807, 2.05) is 0 Å². The van der Waals surface area contributed by atoms with Crippen molar-refractivity contribution >= 4 is 11.8 Å². The minimum absolute atomic E-state index is 0.187. The first-order valence-corrected chi connectivity index (χ1v) is 5.47. The Kier molecular flexibility index (Phi) is 3.40. The number of rotatable bonds is 1. The topological polar surface area (TPSA) is 65.4 Å². The molecule has 6 nitrogen and oxygen atoms in total. The summed E-state index contributed by atoms with van der Waals surface area (Å²) in [7, 11) is 2.08. The molecule has 0 aromatic rings. The number of carbonyl (C=O) groups is 1. The fourth-order valence-corrected chi connectivity index (χ4v) is 1.88. The molecule has 90 valence electrons. The van der Waals surface area contributed by atoms with E-state index in [1.54, 1.807) is 0 Å². The Hall–Kier alpha value is -1.14. The molecule has 1 saturated heterocycles. The Labute approximate surface area is 94.5 Å². The molecule has 2 aliphatic heterocycles. The molecule has 0 aliphatic carbocycles. The molecule has 2 rings (SSSR count). The Morgan fingerprint density at radius 2 is 2.12 bits per heavy atom. The van der Waals surface area contributed by atoms with Crippen LogP contribution in [0.25, 0.3) is 0 Å². The van der Waals surface area contributed by atoms with E-state index in [9.17, 15) is 4.79 Å². The minimum atomic E-state index is -0.911. The Morgan fingerprint density at radius 1 is 1.44 bits per heavy atom. The summed E-state index contributed by atoms with van der Waals surface area (Å²) >= 11 is 0. The van der Waals surface area contributed by atoms with Gasteiger partial charge in [-0.05, 0) is 7.05 Å². The number of nitrogens with zero attached hydrogens (tertiary/aromatic N) is 3. The van der Waals surface area contributed by atoms with Crippen molar-refractivity contribution in [1.29, 1.82) is 0 Å². The van der Waals surface area contributed by atoms with Gasteiger partial charge in [0.05, 0.1) is 6.61 Å². The summed E-state index contributed by atoms with van der Waals surface area (Å²) in [5.41, 5.74) is 0. The van der Waals surface area contributed by atoms with Crippen molar-refractivity contribution in [1.82, 2.24) is 9.80 Å². The van der Waals surface area contributed by atoms with Gasteiger partial charge in [-0.1, -0.05) is 0 Å². The van der Waals surface area contributed by atoms with Crippen LogP contribution in [0.5, 0.6) is 0 Å². The standard InChI is InChI=1S/C10H17N3O3/c1-12-2-4-13(5-3-12)9-7-16-6-8(11-9)10(14)15/h8H,2-7H2,1H3,(H,14,15). The van der Waals surface area contributed by atoms with Gasteiger partial charge >= 0.3 is 5.97 Å². The van der Waals surface area contributed by atoms with Crippen LogP contribution in [0.4, 0.5) is 0 Å². The molecule has 0 aromatic heterocycles. The Balaban J connectivity index is 2.00. The predicted molar refractivity (Wildman–Crippen MR) is 58.7 cm³/mol. The number of hydrogen-bond donors (Lipinski definition) is 1. The molecule has 1 unspecified atom stereocenters. The number of likely N-dealkylation sites (N-methyl/N-ethyl adjacent to an activating group) is 1.